The minimum absolute atomic E-state index is 0.592. The van der Waals surface area contributed by atoms with Gasteiger partial charge in [0.05, 0.1) is 13.2 Å². The summed E-state index contributed by atoms with van der Waals surface area (Å²) in [7, 11) is 1.24. The van der Waals surface area contributed by atoms with Crippen LogP contribution < -0.4 is 0 Å². The average Bonchev–Trinajstić information content (AvgIpc) is 2.59. The van der Waals surface area contributed by atoms with Crippen LogP contribution in [-0.4, -0.2) is 117 Å². The van der Waals surface area contributed by atoms with Gasteiger partial charge in [-0.15, -0.1) is 0 Å². The molecule has 11 nitrogen and oxygen atoms in total. The van der Waals surface area contributed by atoms with Crippen LogP contribution in [0.5, 0.6) is 0 Å². The van der Waals surface area contributed by atoms with Crippen LogP contribution in [0.4, 0.5) is 0 Å². The lowest BCUT2D eigenvalue weighted by atomic mass is 9.97. The van der Waals surface area contributed by atoms with E-state index in [1.54, 1.807) is 0 Å². The maximum absolute atomic E-state index is 10.2. The molecule has 24 heavy (non-hydrogen) atoms. The summed E-state index contributed by atoms with van der Waals surface area (Å²) in [5, 5.41) is 68.0. The second-order valence-corrected chi connectivity index (χ2v) is 5.74. The molecule has 0 aromatic heterocycles. The Labute approximate surface area is 137 Å². The van der Waals surface area contributed by atoms with Crippen LogP contribution in [0, 0.1) is 0 Å². The Morgan fingerprint density at radius 1 is 0.708 bits per heavy atom. The molecule has 7 N–H and O–H groups in total. The van der Waals surface area contributed by atoms with Crippen LogP contribution in [0.2, 0.25) is 0 Å². The summed E-state index contributed by atoms with van der Waals surface area (Å²) >= 11 is 0. The number of methoxy groups -OCH3 is 1. The Balaban J connectivity index is 2.12. The SMILES string of the molecule is COC1OC(CO)[C@@H](O[C@@H]2OC(CO)C(O)C(O)C2O)C(O)C1O. The molecule has 0 aliphatic carbocycles. The van der Waals surface area contributed by atoms with E-state index in [2.05, 4.69) is 0 Å². The molecule has 2 rings (SSSR count). The van der Waals surface area contributed by atoms with E-state index in [1.165, 1.54) is 7.11 Å². The summed E-state index contributed by atoms with van der Waals surface area (Å²) in [5.41, 5.74) is 0. The van der Waals surface area contributed by atoms with Gasteiger partial charge in [0.15, 0.2) is 12.6 Å². The van der Waals surface area contributed by atoms with Gasteiger partial charge in [0.2, 0.25) is 0 Å². The van der Waals surface area contributed by atoms with Crippen LogP contribution in [0.15, 0.2) is 0 Å². The van der Waals surface area contributed by atoms with E-state index < -0.39 is 74.6 Å². The number of aliphatic hydroxyl groups excluding tert-OH is 7. The monoisotopic (exact) mass is 356 g/mol. The molecule has 11 heteroatoms. The number of hydrogen-bond acceptors (Lipinski definition) is 11. The largest absolute Gasteiger partial charge is 0.394 e. The van der Waals surface area contributed by atoms with Gasteiger partial charge in [-0.2, -0.15) is 0 Å². The zero-order valence-electron chi connectivity index (χ0n) is 13.0. The lowest BCUT2D eigenvalue weighted by Crippen LogP contribution is -2.64. The van der Waals surface area contributed by atoms with Gasteiger partial charge in [0, 0.05) is 7.11 Å². The lowest BCUT2D eigenvalue weighted by Gasteiger charge is -2.45. The van der Waals surface area contributed by atoms with E-state index in [4.69, 9.17) is 24.1 Å². The highest BCUT2D eigenvalue weighted by atomic mass is 16.7. The molecule has 2 fully saturated rings. The van der Waals surface area contributed by atoms with Crippen molar-refractivity contribution in [2.24, 2.45) is 0 Å². The predicted molar refractivity (Wildman–Crippen MR) is 73.4 cm³/mol. The van der Waals surface area contributed by atoms with E-state index in [1.807, 2.05) is 0 Å². The fraction of sp³-hybridized carbons (Fsp3) is 1.00. The number of rotatable bonds is 5. The third kappa shape index (κ3) is 3.71. The van der Waals surface area contributed by atoms with Crippen molar-refractivity contribution in [2.45, 2.75) is 61.4 Å². The second-order valence-electron chi connectivity index (χ2n) is 5.74. The molecule has 0 aromatic carbocycles. The van der Waals surface area contributed by atoms with Crippen molar-refractivity contribution in [2.75, 3.05) is 20.3 Å². The van der Waals surface area contributed by atoms with Gasteiger partial charge in [-0.3, -0.25) is 0 Å². The van der Waals surface area contributed by atoms with Crippen LogP contribution in [0.25, 0.3) is 0 Å². The second kappa shape index (κ2) is 8.29. The van der Waals surface area contributed by atoms with E-state index in [-0.39, 0.29) is 0 Å². The summed E-state index contributed by atoms with van der Waals surface area (Å²) in [4.78, 5) is 0. The fourth-order valence-electron chi connectivity index (χ4n) is 2.75. The summed E-state index contributed by atoms with van der Waals surface area (Å²) < 4.78 is 20.6. The van der Waals surface area contributed by atoms with Crippen molar-refractivity contribution >= 4 is 0 Å². The van der Waals surface area contributed by atoms with Gasteiger partial charge < -0.3 is 54.7 Å². The Kier molecular flexibility index (Phi) is 6.87. The first kappa shape index (κ1) is 19.9. The van der Waals surface area contributed by atoms with E-state index in [0.29, 0.717) is 0 Å². The lowest BCUT2D eigenvalue weighted by molar-refractivity contribution is -0.357. The van der Waals surface area contributed by atoms with Crippen molar-refractivity contribution in [3.63, 3.8) is 0 Å². The molecule has 0 bridgehead atoms. The third-order valence-corrected chi connectivity index (χ3v) is 4.19. The van der Waals surface area contributed by atoms with Gasteiger partial charge >= 0.3 is 0 Å². The average molecular weight is 356 g/mol. The Hall–Kier alpha value is -0.440. The van der Waals surface area contributed by atoms with Crippen molar-refractivity contribution in [3.05, 3.63) is 0 Å². The molecule has 0 saturated carbocycles. The molecule has 0 amide bonds. The first-order chi connectivity index (χ1) is 11.3. The molecular formula is C13H24O11. The van der Waals surface area contributed by atoms with Crippen LogP contribution >= 0.6 is 0 Å². The molecule has 142 valence electrons. The zero-order valence-corrected chi connectivity index (χ0v) is 13.0. The highest BCUT2D eigenvalue weighted by Gasteiger charge is 2.50. The number of aliphatic hydroxyl groups is 7. The molecule has 0 aromatic rings. The van der Waals surface area contributed by atoms with Crippen molar-refractivity contribution < 1.29 is 54.7 Å². The normalized spacial score (nSPS) is 50.0. The molecular weight excluding hydrogens is 332 g/mol. The highest BCUT2D eigenvalue weighted by Crippen LogP contribution is 2.29. The predicted octanol–water partition coefficient (Wildman–Crippen LogP) is -4.74. The molecule has 0 spiro atoms. The summed E-state index contributed by atoms with van der Waals surface area (Å²) in [6.07, 6.45) is -14.3. The third-order valence-electron chi connectivity index (χ3n) is 4.19. The zero-order chi connectivity index (χ0) is 18.0. The van der Waals surface area contributed by atoms with E-state index >= 15 is 0 Å². The van der Waals surface area contributed by atoms with Crippen LogP contribution in [0.1, 0.15) is 0 Å². The van der Waals surface area contributed by atoms with E-state index in [9.17, 15) is 30.6 Å². The Bertz CT molecular complexity index is 392. The van der Waals surface area contributed by atoms with Crippen molar-refractivity contribution in [1.82, 2.24) is 0 Å². The summed E-state index contributed by atoms with van der Waals surface area (Å²) in [5.74, 6) is 0. The topological polar surface area (TPSA) is 179 Å². The fourth-order valence-corrected chi connectivity index (χ4v) is 2.75. The molecule has 10 atom stereocenters. The van der Waals surface area contributed by atoms with Gasteiger partial charge in [-0.25, -0.2) is 0 Å². The number of ether oxygens (including phenoxy) is 4. The van der Waals surface area contributed by atoms with Crippen molar-refractivity contribution in [1.29, 1.82) is 0 Å². The molecule has 2 saturated heterocycles. The Morgan fingerprint density at radius 3 is 1.79 bits per heavy atom. The van der Waals surface area contributed by atoms with Gasteiger partial charge in [0.25, 0.3) is 0 Å². The van der Waals surface area contributed by atoms with Crippen molar-refractivity contribution in [3.8, 4) is 0 Å². The van der Waals surface area contributed by atoms with Gasteiger partial charge in [-0.05, 0) is 0 Å². The summed E-state index contributed by atoms with van der Waals surface area (Å²) in [6, 6.07) is 0. The highest BCUT2D eigenvalue weighted by molar-refractivity contribution is 4.93. The van der Waals surface area contributed by atoms with Crippen LogP contribution in [-0.2, 0) is 18.9 Å². The molecule has 2 aliphatic rings. The van der Waals surface area contributed by atoms with Gasteiger partial charge in [-0.1, -0.05) is 0 Å². The summed E-state index contributed by atoms with van der Waals surface area (Å²) in [6.45, 7) is -1.24. The van der Waals surface area contributed by atoms with E-state index in [0.717, 1.165) is 0 Å². The maximum atomic E-state index is 10.2. The van der Waals surface area contributed by atoms with Gasteiger partial charge in [0.1, 0.15) is 48.8 Å². The molecule has 2 heterocycles. The minimum atomic E-state index is -1.69. The maximum Gasteiger partial charge on any atom is 0.187 e. The Morgan fingerprint density at radius 2 is 1.25 bits per heavy atom. The minimum Gasteiger partial charge on any atom is -0.394 e. The standard InChI is InChI=1S/C13H24O11/c1-21-12-10(20)8(18)11(5(3-15)23-12)24-13-9(19)7(17)6(16)4(2-14)22-13/h4-20H,2-3H2,1H3/t4?,5?,6?,7?,8?,9?,10?,11-,12?,13+/m1/s1. The van der Waals surface area contributed by atoms with Crippen LogP contribution in [0.3, 0.4) is 0 Å². The molecule has 8 unspecified atom stereocenters. The molecule has 0 radical (unpaired) electrons. The first-order valence-corrected chi connectivity index (χ1v) is 7.46. The number of hydrogen-bond donors (Lipinski definition) is 7. The quantitative estimate of drug-likeness (QED) is 0.251. The smallest absolute Gasteiger partial charge is 0.187 e. The molecule has 2 aliphatic heterocycles. The first-order valence-electron chi connectivity index (χ1n) is 7.46.